The summed E-state index contributed by atoms with van der Waals surface area (Å²) in [6, 6.07) is 13.0. The molecule has 1 aromatic carbocycles. The minimum Gasteiger partial charge on any atom is -0.370 e. The summed E-state index contributed by atoms with van der Waals surface area (Å²) in [5.74, 6) is 0.968. The molecule has 104 valence electrons. The van der Waals surface area contributed by atoms with Gasteiger partial charge in [0, 0.05) is 31.5 Å². The van der Waals surface area contributed by atoms with Gasteiger partial charge in [-0.1, -0.05) is 18.2 Å². The van der Waals surface area contributed by atoms with Crippen molar-refractivity contribution in [1.29, 1.82) is 0 Å². The second-order valence-corrected chi connectivity index (χ2v) is 5.23. The van der Waals surface area contributed by atoms with Gasteiger partial charge in [-0.2, -0.15) is 0 Å². The molecule has 0 spiro atoms. The van der Waals surface area contributed by atoms with Crippen LogP contribution in [0.5, 0.6) is 0 Å². The van der Waals surface area contributed by atoms with E-state index >= 15 is 0 Å². The smallest absolute Gasteiger partial charge is 0.126 e. The average Bonchev–Trinajstić information content (AvgIpc) is 2.48. The van der Waals surface area contributed by atoms with Gasteiger partial charge in [0.2, 0.25) is 0 Å². The number of anilines is 2. The molecule has 3 nitrogen and oxygen atoms in total. The number of rotatable bonds is 4. The van der Waals surface area contributed by atoms with E-state index in [0.717, 1.165) is 25.5 Å². The third kappa shape index (κ3) is 2.77. The fourth-order valence-corrected chi connectivity index (χ4v) is 2.85. The summed E-state index contributed by atoms with van der Waals surface area (Å²) in [6.07, 6.45) is 4.33. The molecule has 0 saturated heterocycles. The molecular formula is C17H21N3. The number of aromatic nitrogens is 1. The van der Waals surface area contributed by atoms with E-state index in [2.05, 4.69) is 58.5 Å². The Bertz CT molecular complexity index is 580. The molecule has 0 saturated carbocycles. The molecule has 1 aliphatic rings. The van der Waals surface area contributed by atoms with Crippen molar-refractivity contribution in [2.45, 2.75) is 26.3 Å². The fourth-order valence-electron chi connectivity index (χ4n) is 2.85. The summed E-state index contributed by atoms with van der Waals surface area (Å²) in [6.45, 7) is 5.09. The highest BCUT2D eigenvalue weighted by molar-refractivity contribution is 5.56. The molecule has 1 aliphatic heterocycles. The minimum absolute atomic E-state index is 0.906. The van der Waals surface area contributed by atoms with Gasteiger partial charge in [0.25, 0.3) is 0 Å². The summed E-state index contributed by atoms with van der Waals surface area (Å²) in [5, 5.41) is 3.27. The summed E-state index contributed by atoms with van der Waals surface area (Å²) >= 11 is 0. The summed E-state index contributed by atoms with van der Waals surface area (Å²) in [4.78, 5) is 6.81. The maximum absolute atomic E-state index is 4.34. The monoisotopic (exact) mass is 267 g/mol. The van der Waals surface area contributed by atoms with Crippen molar-refractivity contribution >= 4 is 11.5 Å². The van der Waals surface area contributed by atoms with Crippen LogP contribution in [0.15, 0.2) is 42.6 Å². The van der Waals surface area contributed by atoms with Crippen molar-refractivity contribution in [2.24, 2.45) is 0 Å². The zero-order valence-electron chi connectivity index (χ0n) is 12.0. The lowest BCUT2D eigenvalue weighted by molar-refractivity contribution is 0.691. The molecule has 0 amide bonds. The average molecular weight is 267 g/mol. The molecule has 3 rings (SSSR count). The SMILES string of the molecule is CCNc1cc(CN2CCCc3ccccc32)ccn1. The van der Waals surface area contributed by atoms with Gasteiger partial charge in [-0.25, -0.2) is 4.98 Å². The Morgan fingerprint density at radius 1 is 1.25 bits per heavy atom. The predicted octanol–water partition coefficient (Wildman–Crippen LogP) is 3.47. The number of nitrogens with one attached hydrogen (secondary N) is 1. The lowest BCUT2D eigenvalue weighted by atomic mass is 10.0. The molecule has 0 radical (unpaired) electrons. The first-order valence-electron chi connectivity index (χ1n) is 7.38. The van der Waals surface area contributed by atoms with Crippen LogP contribution in [-0.4, -0.2) is 18.1 Å². The number of nitrogens with zero attached hydrogens (tertiary/aromatic N) is 2. The van der Waals surface area contributed by atoms with Gasteiger partial charge in [-0.05, 0) is 49.1 Å². The molecule has 0 atom stereocenters. The van der Waals surface area contributed by atoms with Gasteiger partial charge in [0.1, 0.15) is 5.82 Å². The number of hydrogen-bond donors (Lipinski definition) is 1. The van der Waals surface area contributed by atoms with Crippen LogP contribution >= 0.6 is 0 Å². The first-order valence-corrected chi connectivity index (χ1v) is 7.38. The van der Waals surface area contributed by atoms with E-state index in [1.54, 1.807) is 0 Å². The molecule has 0 unspecified atom stereocenters. The number of benzene rings is 1. The first-order chi connectivity index (χ1) is 9.86. The van der Waals surface area contributed by atoms with Crippen LogP contribution in [0, 0.1) is 0 Å². The number of aryl methyl sites for hydroxylation is 1. The van der Waals surface area contributed by atoms with Crippen LogP contribution < -0.4 is 10.2 Å². The van der Waals surface area contributed by atoms with E-state index in [4.69, 9.17) is 0 Å². The Hall–Kier alpha value is -2.03. The van der Waals surface area contributed by atoms with E-state index in [0.29, 0.717) is 0 Å². The van der Waals surface area contributed by atoms with Crippen LogP contribution in [0.4, 0.5) is 11.5 Å². The highest BCUT2D eigenvalue weighted by Gasteiger charge is 2.16. The summed E-state index contributed by atoms with van der Waals surface area (Å²) in [7, 11) is 0. The Kier molecular flexibility index (Phi) is 3.86. The fraction of sp³-hybridized carbons (Fsp3) is 0.353. The highest BCUT2D eigenvalue weighted by atomic mass is 15.1. The second-order valence-electron chi connectivity index (χ2n) is 5.23. The van der Waals surface area contributed by atoms with Crippen molar-refractivity contribution in [3.05, 3.63) is 53.7 Å². The molecule has 0 aliphatic carbocycles. The number of fused-ring (bicyclic) bond motifs is 1. The minimum atomic E-state index is 0.906. The Balaban J connectivity index is 1.80. The van der Waals surface area contributed by atoms with Crippen LogP contribution in [0.1, 0.15) is 24.5 Å². The van der Waals surface area contributed by atoms with E-state index in [-0.39, 0.29) is 0 Å². The molecule has 20 heavy (non-hydrogen) atoms. The zero-order valence-corrected chi connectivity index (χ0v) is 12.0. The van der Waals surface area contributed by atoms with Gasteiger partial charge < -0.3 is 10.2 Å². The van der Waals surface area contributed by atoms with E-state index in [1.807, 2.05) is 6.20 Å². The van der Waals surface area contributed by atoms with Crippen LogP contribution in [-0.2, 0) is 13.0 Å². The number of pyridine rings is 1. The molecule has 2 heterocycles. The van der Waals surface area contributed by atoms with Gasteiger partial charge in [-0.3, -0.25) is 0 Å². The predicted molar refractivity (Wildman–Crippen MR) is 84.2 cm³/mol. The largest absolute Gasteiger partial charge is 0.370 e. The Morgan fingerprint density at radius 2 is 2.15 bits per heavy atom. The Morgan fingerprint density at radius 3 is 3.05 bits per heavy atom. The van der Waals surface area contributed by atoms with Crippen molar-refractivity contribution in [3.8, 4) is 0 Å². The lowest BCUT2D eigenvalue weighted by Crippen LogP contribution is -2.28. The van der Waals surface area contributed by atoms with Gasteiger partial charge >= 0.3 is 0 Å². The quantitative estimate of drug-likeness (QED) is 0.919. The van der Waals surface area contributed by atoms with Crippen molar-refractivity contribution in [1.82, 2.24) is 4.98 Å². The maximum Gasteiger partial charge on any atom is 0.126 e. The van der Waals surface area contributed by atoms with Gasteiger partial charge in [-0.15, -0.1) is 0 Å². The van der Waals surface area contributed by atoms with Crippen molar-refractivity contribution < 1.29 is 0 Å². The first kappa shape index (κ1) is 13.0. The molecule has 0 bridgehead atoms. The second kappa shape index (κ2) is 5.95. The van der Waals surface area contributed by atoms with E-state index in [1.165, 1.54) is 29.7 Å². The Labute approximate surface area is 120 Å². The zero-order chi connectivity index (χ0) is 13.8. The van der Waals surface area contributed by atoms with Crippen LogP contribution in [0.3, 0.4) is 0 Å². The number of para-hydroxylation sites is 1. The number of hydrogen-bond acceptors (Lipinski definition) is 3. The molecule has 3 heteroatoms. The lowest BCUT2D eigenvalue weighted by Gasteiger charge is -2.31. The topological polar surface area (TPSA) is 28.2 Å². The molecule has 1 aromatic heterocycles. The highest BCUT2D eigenvalue weighted by Crippen LogP contribution is 2.28. The third-order valence-electron chi connectivity index (χ3n) is 3.76. The van der Waals surface area contributed by atoms with Crippen LogP contribution in [0.25, 0.3) is 0 Å². The van der Waals surface area contributed by atoms with Gasteiger partial charge in [0.15, 0.2) is 0 Å². The normalized spacial score (nSPS) is 13.9. The summed E-state index contributed by atoms with van der Waals surface area (Å²) in [5.41, 5.74) is 4.17. The summed E-state index contributed by atoms with van der Waals surface area (Å²) < 4.78 is 0. The van der Waals surface area contributed by atoms with E-state index < -0.39 is 0 Å². The van der Waals surface area contributed by atoms with Gasteiger partial charge in [0.05, 0.1) is 0 Å². The van der Waals surface area contributed by atoms with Crippen molar-refractivity contribution in [3.63, 3.8) is 0 Å². The molecule has 2 aromatic rings. The molecule has 1 N–H and O–H groups in total. The molecular weight excluding hydrogens is 246 g/mol. The maximum atomic E-state index is 4.34. The standard InChI is InChI=1S/C17H21N3/c1-2-18-17-12-14(9-10-19-17)13-20-11-5-7-15-6-3-4-8-16(15)20/h3-4,6,8-10,12H,2,5,7,11,13H2,1H3,(H,18,19). The van der Waals surface area contributed by atoms with Crippen LogP contribution in [0.2, 0.25) is 0 Å². The third-order valence-corrected chi connectivity index (χ3v) is 3.76. The molecule has 0 fully saturated rings. The van der Waals surface area contributed by atoms with E-state index in [9.17, 15) is 0 Å². The van der Waals surface area contributed by atoms with Crippen molar-refractivity contribution in [2.75, 3.05) is 23.3 Å².